The van der Waals surface area contributed by atoms with E-state index in [0.717, 1.165) is 18.8 Å². The van der Waals surface area contributed by atoms with Crippen LogP contribution in [0, 0.1) is 5.41 Å². The van der Waals surface area contributed by atoms with Gasteiger partial charge in [-0.3, -0.25) is 0 Å². The van der Waals surface area contributed by atoms with Crippen LogP contribution in [0.25, 0.3) is 0 Å². The van der Waals surface area contributed by atoms with Gasteiger partial charge in [-0.15, -0.1) is 0 Å². The number of rotatable bonds is 3. The van der Waals surface area contributed by atoms with E-state index in [4.69, 9.17) is 4.74 Å². The molecule has 1 aromatic rings. The Labute approximate surface area is 97.0 Å². The molecule has 1 atom stereocenters. The van der Waals surface area contributed by atoms with Gasteiger partial charge in [-0.1, -0.05) is 19.1 Å². The summed E-state index contributed by atoms with van der Waals surface area (Å²) in [5.41, 5.74) is 3.27. The quantitative estimate of drug-likeness (QED) is 0.840. The van der Waals surface area contributed by atoms with Crippen LogP contribution in [-0.2, 0) is 6.42 Å². The predicted molar refractivity (Wildman–Crippen MR) is 64.8 cm³/mol. The molecular formula is C14H19NO. The van der Waals surface area contributed by atoms with Crippen LogP contribution in [-0.4, -0.2) is 13.7 Å². The minimum atomic E-state index is 0.475. The van der Waals surface area contributed by atoms with Crippen LogP contribution in [0.2, 0.25) is 0 Å². The Bertz CT molecular complexity index is 409. The third-order valence-electron chi connectivity index (χ3n) is 4.07. The van der Waals surface area contributed by atoms with Crippen LogP contribution in [0.3, 0.4) is 0 Å². The molecule has 0 aromatic heterocycles. The van der Waals surface area contributed by atoms with Crippen molar-refractivity contribution in [2.45, 2.75) is 32.2 Å². The minimum Gasteiger partial charge on any atom is -0.493 e. The summed E-state index contributed by atoms with van der Waals surface area (Å²) in [5, 5.41) is 3.47. The molecule has 2 aliphatic rings. The van der Waals surface area contributed by atoms with Crippen molar-refractivity contribution >= 4 is 0 Å². The second kappa shape index (κ2) is 3.49. The molecule has 1 aliphatic carbocycles. The fourth-order valence-electron chi connectivity index (χ4n) is 2.79. The summed E-state index contributed by atoms with van der Waals surface area (Å²) in [6.45, 7) is 3.22. The Balaban J connectivity index is 1.93. The molecular weight excluding hydrogens is 198 g/mol. The van der Waals surface area contributed by atoms with Crippen molar-refractivity contribution in [1.29, 1.82) is 0 Å². The van der Waals surface area contributed by atoms with E-state index in [1.165, 1.54) is 24.0 Å². The van der Waals surface area contributed by atoms with Crippen LogP contribution in [0.5, 0.6) is 5.75 Å². The lowest BCUT2D eigenvalue weighted by Gasteiger charge is -2.24. The summed E-state index contributed by atoms with van der Waals surface area (Å²) in [7, 11) is 2.07. The Morgan fingerprint density at radius 1 is 1.38 bits per heavy atom. The van der Waals surface area contributed by atoms with Crippen molar-refractivity contribution in [2.24, 2.45) is 5.41 Å². The standard InChI is InChI=1S/C14H19NO/c1-14(6-7-14)13(15-2)11-3-4-12-10(9-11)5-8-16-12/h3-4,9,13,15H,5-8H2,1-2H3. The highest BCUT2D eigenvalue weighted by Crippen LogP contribution is 2.54. The van der Waals surface area contributed by atoms with Gasteiger partial charge in [0.1, 0.15) is 5.75 Å². The largest absolute Gasteiger partial charge is 0.493 e. The van der Waals surface area contributed by atoms with Gasteiger partial charge in [0.05, 0.1) is 6.61 Å². The highest BCUT2D eigenvalue weighted by atomic mass is 16.5. The molecule has 1 N–H and O–H groups in total. The number of ether oxygens (including phenoxy) is 1. The maximum Gasteiger partial charge on any atom is 0.122 e. The van der Waals surface area contributed by atoms with Gasteiger partial charge in [0.2, 0.25) is 0 Å². The normalized spacial score (nSPS) is 22.4. The topological polar surface area (TPSA) is 21.3 Å². The fraction of sp³-hybridized carbons (Fsp3) is 0.571. The maximum absolute atomic E-state index is 5.55. The van der Waals surface area contributed by atoms with Crippen LogP contribution < -0.4 is 10.1 Å². The van der Waals surface area contributed by atoms with E-state index in [9.17, 15) is 0 Å². The highest BCUT2D eigenvalue weighted by Gasteiger charge is 2.44. The highest BCUT2D eigenvalue weighted by molar-refractivity contribution is 5.41. The lowest BCUT2D eigenvalue weighted by molar-refractivity contribution is 0.356. The summed E-state index contributed by atoms with van der Waals surface area (Å²) in [4.78, 5) is 0. The van der Waals surface area contributed by atoms with E-state index in [-0.39, 0.29) is 0 Å². The zero-order valence-electron chi connectivity index (χ0n) is 10.0. The Kier molecular flexibility index (Phi) is 2.21. The van der Waals surface area contributed by atoms with E-state index in [1.807, 2.05) is 0 Å². The van der Waals surface area contributed by atoms with Gasteiger partial charge in [0.25, 0.3) is 0 Å². The lowest BCUT2D eigenvalue weighted by Crippen LogP contribution is -2.24. The van der Waals surface area contributed by atoms with Crippen molar-refractivity contribution in [3.63, 3.8) is 0 Å². The zero-order valence-corrected chi connectivity index (χ0v) is 10.0. The van der Waals surface area contributed by atoms with Crippen LogP contribution in [0.4, 0.5) is 0 Å². The second-order valence-electron chi connectivity index (χ2n) is 5.34. The van der Waals surface area contributed by atoms with Gasteiger partial charge in [-0.25, -0.2) is 0 Å². The molecule has 1 unspecified atom stereocenters. The monoisotopic (exact) mass is 217 g/mol. The van der Waals surface area contributed by atoms with E-state index >= 15 is 0 Å². The first-order valence-corrected chi connectivity index (χ1v) is 6.16. The summed E-state index contributed by atoms with van der Waals surface area (Å²) in [5.74, 6) is 1.08. The smallest absolute Gasteiger partial charge is 0.122 e. The molecule has 1 fully saturated rings. The molecule has 86 valence electrons. The lowest BCUT2D eigenvalue weighted by atomic mass is 9.90. The molecule has 1 saturated carbocycles. The Morgan fingerprint density at radius 3 is 2.88 bits per heavy atom. The summed E-state index contributed by atoms with van der Waals surface area (Å²) in [6, 6.07) is 7.17. The maximum atomic E-state index is 5.55. The fourth-order valence-corrected chi connectivity index (χ4v) is 2.79. The van der Waals surface area contributed by atoms with Gasteiger partial charge in [-0.2, -0.15) is 0 Å². The van der Waals surface area contributed by atoms with Crippen molar-refractivity contribution in [1.82, 2.24) is 5.32 Å². The summed E-state index contributed by atoms with van der Waals surface area (Å²) >= 11 is 0. The third kappa shape index (κ3) is 1.52. The van der Waals surface area contributed by atoms with Crippen molar-refractivity contribution in [3.8, 4) is 5.75 Å². The van der Waals surface area contributed by atoms with Crippen LogP contribution in [0.1, 0.15) is 36.9 Å². The van der Waals surface area contributed by atoms with Crippen molar-refractivity contribution < 1.29 is 4.74 Å². The molecule has 0 spiro atoms. The predicted octanol–water partition coefficient (Wildman–Crippen LogP) is 2.68. The first-order valence-electron chi connectivity index (χ1n) is 6.16. The van der Waals surface area contributed by atoms with Gasteiger partial charge in [-0.05, 0) is 42.5 Å². The Morgan fingerprint density at radius 2 is 2.19 bits per heavy atom. The average Bonchev–Trinajstić information content (AvgIpc) is 2.86. The molecule has 0 saturated heterocycles. The van der Waals surface area contributed by atoms with E-state index < -0.39 is 0 Å². The molecule has 16 heavy (non-hydrogen) atoms. The molecule has 0 amide bonds. The van der Waals surface area contributed by atoms with Crippen molar-refractivity contribution in [2.75, 3.05) is 13.7 Å². The summed E-state index contributed by atoms with van der Waals surface area (Å²) < 4.78 is 5.55. The molecule has 2 nitrogen and oxygen atoms in total. The average molecular weight is 217 g/mol. The molecule has 3 rings (SSSR count). The van der Waals surface area contributed by atoms with E-state index in [0.29, 0.717) is 11.5 Å². The number of benzene rings is 1. The zero-order chi connectivity index (χ0) is 11.2. The molecule has 0 bridgehead atoms. The minimum absolute atomic E-state index is 0.475. The molecule has 1 heterocycles. The van der Waals surface area contributed by atoms with Crippen LogP contribution >= 0.6 is 0 Å². The van der Waals surface area contributed by atoms with Crippen molar-refractivity contribution in [3.05, 3.63) is 29.3 Å². The first kappa shape index (κ1) is 10.2. The molecule has 1 aliphatic heterocycles. The third-order valence-corrected chi connectivity index (χ3v) is 4.07. The SMILES string of the molecule is CNC(c1ccc2c(c1)CCO2)C1(C)CC1. The van der Waals surface area contributed by atoms with E-state index in [2.05, 4.69) is 37.5 Å². The number of nitrogens with one attached hydrogen (secondary N) is 1. The number of fused-ring (bicyclic) bond motifs is 1. The summed E-state index contributed by atoms with van der Waals surface area (Å²) in [6.07, 6.45) is 3.74. The first-order chi connectivity index (χ1) is 7.73. The number of hydrogen-bond donors (Lipinski definition) is 1. The molecule has 0 radical (unpaired) electrons. The van der Waals surface area contributed by atoms with Gasteiger partial charge in [0.15, 0.2) is 0 Å². The Hall–Kier alpha value is -1.02. The van der Waals surface area contributed by atoms with Crippen LogP contribution in [0.15, 0.2) is 18.2 Å². The molecule has 2 heteroatoms. The van der Waals surface area contributed by atoms with Gasteiger partial charge in [0, 0.05) is 12.5 Å². The van der Waals surface area contributed by atoms with E-state index in [1.54, 1.807) is 0 Å². The number of hydrogen-bond acceptors (Lipinski definition) is 2. The second-order valence-corrected chi connectivity index (χ2v) is 5.34. The molecule has 1 aromatic carbocycles. The van der Waals surface area contributed by atoms with Gasteiger partial charge >= 0.3 is 0 Å². The van der Waals surface area contributed by atoms with Gasteiger partial charge < -0.3 is 10.1 Å².